The van der Waals surface area contributed by atoms with Gasteiger partial charge in [0.2, 0.25) is 10.0 Å². The van der Waals surface area contributed by atoms with Crippen LogP contribution in [0.3, 0.4) is 0 Å². The van der Waals surface area contributed by atoms with Crippen LogP contribution in [0.25, 0.3) is 0 Å². The second-order valence-electron chi connectivity index (χ2n) is 7.61. The zero-order valence-corrected chi connectivity index (χ0v) is 20.4. The molecule has 174 valence electrons. The van der Waals surface area contributed by atoms with E-state index in [4.69, 9.17) is 16.3 Å². The van der Waals surface area contributed by atoms with E-state index in [2.05, 4.69) is 5.32 Å². The van der Waals surface area contributed by atoms with Crippen LogP contribution in [0.2, 0.25) is 5.02 Å². The second kappa shape index (κ2) is 10.7. The van der Waals surface area contributed by atoms with Crippen molar-refractivity contribution in [3.8, 4) is 5.75 Å². The van der Waals surface area contributed by atoms with E-state index < -0.39 is 10.0 Å². The van der Waals surface area contributed by atoms with E-state index in [9.17, 15) is 13.2 Å². The molecule has 0 aliphatic heterocycles. The number of ether oxygens (including phenoxy) is 1. The minimum atomic E-state index is -3.56. The molecule has 0 aromatic heterocycles. The summed E-state index contributed by atoms with van der Waals surface area (Å²) in [7, 11) is -3.56. The minimum Gasteiger partial charge on any atom is -0.494 e. The summed E-state index contributed by atoms with van der Waals surface area (Å²) in [6.07, 6.45) is 1.14. The van der Waals surface area contributed by atoms with Crippen LogP contribution in [0.5, 0.6) is 5.75 Å². The molecule has 0 spiro atoms. The van der Waals surface area contributed by atoms with Crippen molar-refractivity contribution in [2.75, 3.05) is 17.2 Å². The highest BCUT2D eigenvalue weighted by molar-refractivity contribution is 7.92. The molecule has 0 aliphatic carbocycles. The maximum atomic E-state index is 12.7. The van der Waals surface area contributed by atoms with Gasteiger partial charge in [0.1, 0.15) is 5.75 Å². The molecule has 0 aliphatic rings. The second-order valence-corrected chi connectivity index (χ2v) is 9.92. The van der Waals surface area contributed by atoms with Crippen LogP contribution in [0.15, 0.2) is 72.8 Å². The van der Waals surface area contributed by atoms with E-state index in [1.165, 1.54) is 4.31 Å². The first-order valence-corrected chi connectivity index (χ1v) is 12.8. The van der Waals surface area contributed by atoms with E-state index in [0.29, 0.717) is 28.4 Å². The van der Waals surface area contributed by atoms with Crippen LogP contribution >= 0.6 is 11.6 Å². The molecule has 3 rings (SSSR count). The molecule has 8 heteroatoms. The van der Waals surface area contributed by atoms with Gasteiger partial charge < -0.3 is 10.1 Å². The average molecular weight is 487 g/mol. The molecular weight excluding hydrogens is 460 g/mol. The zero-order chi connectivity index (χ0) is 24.0. The van der Waals surface area contributed by atoms with Crippen molar-refractivity contribution >= 4 is 33.2 Å². The fraction of sp³-hybridized carbons (Fsp3) is 0.240. The van der Waals surface area contributed by atoms with Gasteiger partial charge in [-0.2, -0.15) is 0 Å². The third-order valence-electron chi connectivity index (χ3n) is 5.13. The Morgan fingerprint density at radius 1 is 1.03 bits per heavy atom. The molecule has 1 N–H and O–H groups in total. The monoisotopic (exact) mass is 486 g/mol. The minimum absolute atomic E-state index is 0.0961. The summed E-state index contributed by atoms with van der Waals surface area (Å²) in [6, 6.07) is 20.9. The number of anilines is 1. The van der Waals surface area contributed by atoms with Gasteiger partial charge in [-0.25, -0.2) is 8.42 Å². The number of halogens is 1. The van der Waals surface area contributed by atoms with E-state index in [0.717, 1.165) is 17.6 Å². The number of hydrogen-bond donors (Lipinski definition) is 1. The summed E-state index contributed by atoms with van der Waals surface area (Å²) >= 11 is 6.21. The van der Waals surface area contributed by atoms with Gasteiger partial charge >= 0.3 is 0 Å². The SMILES string of the molecule is CCOc1ccc(C(C)NC(=O)c2ccc(N(Cc3ccccc3Cl)S(C)(=O)=O)cc2)cc1. The predicted octanol–water partition coefficient (Wildman–Crippen LogP) is 5.20. The highest BCUT2D eigenvalue weighted by Crippen LogP contribution is 2.25. The van der Waals surface area contributed by atoms with Gasteiger partial charge in [0.05, 0.1) is 31.1 Å². The first-order valence-electron chi connectivity index (χ1n) is 10.5. The van der Waals surface area contributed by atoms with Crippen LogP contribution < -0.4 is 14.4 Å². The Balaban J connectivity index is 1.73. The Morgan fingerprint density at radius 3 is 2.24 bits per heavy atom. The lowest BCUT2D eigenvalue weighted by molar-refractivity contribution is 0.0940. The number of benzene rings is 3. The number of nitrogens with one attached hydrogen (secondary N) is 1. The third kappa shape index (κ3) is 6.49. The molecule has 0 saturated carbocycles. The molecule has 0 fully saturated rings. The highest BCUT2D eigenvalue weighted by Gasteiger charge is 2.20. The highest BCUT2D eigenvalue weighted by atomic mass is 35.5. The molecular formula is C25H27ClN2O4S. The van der Waals surface area contributed by atoms with Gasteiger partial charge in [-0.3, -0.25) is 9.10 Å². The van der Waals surface area contributed by atoms with Crippen molar-refractivity contribution in [2.45, 2.75) is 26.4 Å². The molecule has 3 aromatic rings. The molecule has 6 nitrogen and oxygen atoms in total. The lowest BCUT2D eigenvalue weighted by Gasteiger charge is -2.23. The van der Waals surface area contributed by atoms with Crippen molar-refractivity contribution < 1.29 is 17.9 Å². The summed E-state index contributed by atoms with van der Waals surface area (Å²) in [5.74, 6) is 0.530. The lowest BCUT2D eigenvalue weighted by atomic mass is 10.1. The van der Waals surface area contributed by atoms with Crippen molar-refractivity contribution in [1.29, 1.82) is 0 Å². The van der Waals surface area contributed by atoms with Crippen LogP contribution in [0.1, 0.15) is 41.4 Å². The molecule has 0 saturated heterocycles. The van der Waals surface area contributed by atoms with E-state index >= 15 is 0 Å². The number of hydrogen-bond acceptors (Lipinski definition) is 4. The Hall–Kier alpha value is -3.03. The van der Waals surface area contributed by atoms with Gasteiger partial charge in [0, 0.05) is 10.6 Å². The van der Waals surface area contributed by atoms with Crippen molar-refractivity contribution in [3.05, 3.63) is 94.5 Å². The molecule has 1 atom stereocenters. The average Bonchev–Trinajstić information content (AvgIpc) is 2.78. The fourth-order valence-corrected chi connectivity index (χ4v) is 4.42. The van der Waals surface area contributed by atoms with E-state index in [1.54, 1.807) is 48.5 Å². The third-order valence-corrected chi connectivity index (χ3v) is 6.64. The fourth-order valence-electron chi connectivity index (χ4n) is 3.34. The Kier molecular flexibility index (Phi) is 8.00. The number of rotatable bonds is 9. The summed E-state index contributed by atoms with van der Waals surface area (Å²) in [5.41, 5.74) is 2.53. The van der Waals surface area contributed by atoms with E-state index in [-0.39, 0.29) is 18.5 Å². The van der Waals surface area contributed by atoms with Gasteiger partial charge in [-0.1, -0.05) is 41.9 Å². The topological polar surface area (TPSA) is 75.7 Å². The van der Waals surface area contributed by atoms with Gasteiger partial charge in [-0.05, 0) is 67.4 Å². The van der Waals surface area contributed by atoms with Gasteiger partial charge in [0.25, 0.3) is 5.91 Å². The normalized spacial score (nSPS) is 12.1. The summed E-state index contributed by atoms with van der Waals surface area (Å²) < 4.78 is 31.6. The number of amides is 1. The zero-order valence-electron chi connectivity index (χ0n) is 18.8. The van der Waals surface area contributed by atoms with E-state index in [1.807, 2.05) is 38.1 Å². The largest absolute Gasteiger partial charge is 0.494 e. The Bertz CT molecular complexity index is 1200. The Morgan fingerprint density at radius 2 is 1.67 bits per heavy atom. The van der Waals surface area contributed by atoms with Crippen LogP contribution in [0.4, 0.5) is 5.69 Å². The van der Waals surface area contributed by atoms with Crippen molar-refractivity contribution in [3.63, 3.8) is 0 Å². The molecule has 1 unspecified atom stereocenters. The summed E-state index contributed by atoms with van der Waals surface area (Å²) in [6.45, 7) is 4.51. The molecule has 0 bridgehead atoms. The van der Waals surface area contributed by atoms with Crippen molar-refractivity contribution in [2.24, 2.45) is 0 Å². The van der Waals surface area contributed by atoms with Crippen LogP contribution in [-0.4, -0.2) is 27.2 Å². The maximum absolute atomic E-state index is 12.7. The number of carbonyl (C=O) groups excluding carboxylic acids is 1. The number of carbonyl (C=O) groups is 1. The smallest absolute Gasteiger partial charge is 0.251 e. The molecule has 0 heterocycles. The molecule has 1 amide bonds. The summed E-state index contributed by atoms with van der Waals surface area (Å²) in [5, 5.41) is 3.45. The van der Waals surface area contributed by atoms with Gasteiger partial charge in [0.15, 0.2) is 0 Å². The molecule has 3 aromatic carbocycles. The first-order chi connectivity index (χ1) is 15.7. The van der Waals surface area contributed by atoms with Crippen molar-refractivity contribution in [1.82, 2.24) is 5.32 Å². The van der Waals surface area contributed by atoms with Crippen LogP contribution in [-0.2, 0) is 16.6 Å². The predicted molar refractivity (Wildman–Crippen MR) is 132 cm³/mol. The van der Waals surface area contributed by atoms with Gasteiger partial charge in [-0.15, -0.1) is 0 Å². The Labute approximate surface area is 200 Å². The molecule has 33 heavy (non-hydrogen) atoms. The maximum Gasteiger partial charge on any atom is 0.251 e. The summed E-state index contributed by atoms with van der Waals surface area (Å²) in [4.78, 5) is 12.7. The first kappa shape index (κ1) is 24.6. The molecule has 0 radical (unpaired) electrons. The van der Waals surface area contributed by atoms with Crippen LogP contribution in [0, 0.1) is 0 Å². The number of nitrogens with zero attached hydrogens (tertiary/aromatic N) is 1. The lowest BCUT2D eigenvalue weighted by Crippen LogP contribution is -2.30. The standard InChI is InChI=1S/C25H27ClN2O4S/c1-4-32-23-15-11-19(12-16-23)18(2)27-25(29)20-9-13-22(14-10-20)28(33(3,30)31)17-21-7-5-6-8-24(21)26/h5-16,18H,4,17H2,1-3H3,(H,27,29). The number of sulfonamides is 1. The quantitative estimate of drug-likeness (QED) is 0.451.